The van der Waals surface area contributed by atoms with Gasteiger partial charge in [0, 0.05) is 30.6 Å². The first-order chi connectivity index (χ1) is 15.2. The maximum atomic E-state index is 13.0. The van der Waals surface area contributed by atoms with E-state index in [1.807, 2.05) is 31.4 Å². The van der Waals surface area contributed by atoms with Crippen molar-refractivity contribution in [2.75, 3.05) is 0 Å². The summed E-state index contributed by atoms with van der Waals surface area (Å²) < 4.78 is 3.44. The lowest BCUT2D eigenvalue weighted by Gasteiger charge is -2.18. The molecule has 162 valence electrons. The number of benzene rings is 1. The fraction of sp³-hybridized carbons (Fsp3) is 0.261. The van der Waals surface area contributed by atoms with E-state index in [1.165, 1.54) is 0 Å². The van der Waals surface area contributed by atoms with Gasteiger partial charge in [-0.3, -0.25) is 14.5 Å². The van der Waals surface area contributed by atoms with Crippen molar-refractivity contribution >= 4 is 16.9 Å². The Hall–Kier alpha value is -4.03. The number of nitriles is 1. The Balaban J connectivity index is 1.79. The highest BCUT2D eigenvalue weighted by Gasteiger charge is 2.18. The number of nitrogens with zero attached hydrogens (tertiary/aromatic N) is 6. The van der Waals surface area contributed by atoms with E-state index >= 15 is 0 Å². The number of aliphatic hydroxyl groups is 1. The molecule has 4 aromatic rings. The van der Waals surface area contributed by atoms with Gasteiger partial charge in [-0.25, -0.2) is 0 Å². The second kappa shape index (κ2) is 8.24. The van der Waals surface area contributed by atoms with E-state index in [0.717, 1.165) is 22.2 Å². The summed E-state index contributed by atoms with van der Waals surface area (Å²) in [6.07, 6.45) is 5.35. The quantitative estimate of drug-likeness (QED) is 0.504. The van der Waals surface area contributed by atoms with Crippen LogP contribution < -0.4 is 5.62 Å². The highest BCUT2D eigenvalue weighted by molar-refractivity contribution is 5.95. The molecule has 0 spiro atoms. The molecule has 0 aliphatic heterocycles. The molecule has 0 atom stereocenters. The van der Waals surface area contributed by atoms with E-state index in [1.54, 1.807) is 47.6 Å². The topological polar surface area (TPSA) is 125 Å². The van der Waals surface area contributed by atoms with Gasteiger partial charge in [0.05, 0.1) is 47.6 Å². The number of rotatable bonds is 5. The molecule has 2 N–H and O–H groups in total. The number of H-pyrrole nitrogens is 1. The van der Waals surface area contributed by atoms with Crippen molar-refractivity contribution in [3.05, 3.63) is 65.7 Å². The Labute approximate surface area is 184 Å². The molecule has 1 aromatic carbocycles. The number of nitrogens with one attached hydrogen (secondary N) is 1. The van der Waals surface area contributed by atoms with E-state index in [-0.39, 0.29) is 13.0 Å². The number of hydrogen-bond donors (Lipinski definition) is 2. The standard InChI is InChI=1S/C23H23N7O2/c1-23(2,32)14-30-20-5-4-15(6-8-24)10-19(20)27-22(30)28-21(31)16-7-9-25-18(11-16)17-12-26-29(3)13-17/h4-5,7,9-13,32H,6,14H2,1-3H3,(H,27,28,31). The molecule has 3 aromatic heterocycles. The zero-order chi connectivity index (χ0) is 22.9. The lowest BCUT2D eigenvalue weighted by molar-refractivity contribution is 0.0612. The maximum absolute atomic E-state index is 13.0. The molecule has 32 heavy (non-hydrogen) atoms. The molecule has 0 aliphatic rings. The number of carbonyl (C=O) groups is 1. The molecule has 9 heteroatoms. The predicted octanol–water partition coefficient (Wildman–Crippen LogP) is 2.34. The van der Waals surface area contributed by atoms with Crippen LogP contribution in [-0.2, 0) is 20.0 Å². The predicted molar refractivity (Wildman–Crippen MR) is 118 cm³/mol. The summed E-state index contributed by atoms with van der Waals surface area (Å²) >= 11 is 0. The van der Waals surface area contributed by atoms with Crippen molar-refractivity contribution in [3.8, 4) is 17.3 Å². The van der Waals surface area contributed by atoms with Crippen LogP contribution in [0.3, 0.4) is 0 Å². The first-order valence-electron chi connectivity index (χ1n) is 10.1. The third kappa shape index (κ3) is 4.50. The van der Waals surface area contributed by atoms with Gasteiger partial charge < -0.3 is 14.7 Å². The largest absolute Gasteiger partial charge is 0.389 e. The average molecular weight is 429 g/mol. The van der Waals surface area contributed by atoms with Crippen LogP contribution in [-0.4, -0.2) is 40.9 Å². The van der Waals surface area contributed by atoms with Crippen molar-refractivity contribution in [1.82, 2.24) is 24.3 Å². The van der Waals surface area contributed by atoms with Crippen LogP contribution in [0.4, 0.5) is 0 Å². The molecule has 0 unspecified atom stereocenters. The van der Waals surface area contributed by atoms with Gasteiger partial charge in [0.15, 0.2) is 0 Å². The SMILES string of the molecule is Cn1cc(-c2cc(C(=O)/N=c3\[nH]c4cc(CC#N)ccc4n3CC(C)(C)O)ccn2)cn1. The Kier molecular flexibility index (Phi) is 5.47. The Morgan fingerprint density at radius 2 is 2.12 bits per heavy atom. The smallest absolute Gasteiger partial charge is 0.280 e. The van der Waals surface area contributed by atoms with E-state index in [9.17, 15) is 9.90 Å². The Morgan fingerprint density at radius 3 is 2.81 bits per heavy atom. The summed E-state index contributed by atoms with van der Waals surface area (Å²) in [7, 11) is 1.81. The average Bonchev–Trinajstić information content (AvgIpc) is 3.31. The van der Waals surface area contributed by atoms with Crippen molar-refractivity contribution in [2.45, 2.75) is 32.4 Å². The summed E-state index contributed by atoms with van der Waals surface area (Å²) in [6, 6.07) is 11.0. The number of pyridine rings is 1. The van der Waals surface area contributed by atoms with Crippen molar-refractivity contribution < 1.29 is 9.90 Å². The molecule has 3 heterocycles. The molecule has 4 rings (SSSR count). The van der Waals surface area contributed by atoms with Gasteiger partial charge in [-0.2, -0.15) is 15.4 Å². The molecule has 0 saturated carbocycles. The number of carbonyl (C=O) groups excluding carboxylic acids is 1. The number of imidazole rings is 1. The molecular formula is C23H23N7O2. The van der Waals surface area contributed by atoms with Crippen LogP contribution in [0, 0.1) is 11.3 Å². The van der Waals surface area contributed by atoms with Crippen LogP contribution in [0.25, 0.3) is 22.3 Å². The summed E-state index contributed by atoms with van der Waals surface area (Å²) in [4.78, 5) is 24.8. The molecule has 0 saturated heterocycles. The molecule has 9 nitrogen and oxygen atoms in total. The minimum Gasteiger partial charge on any atom is -0.389 e. The Morgan fingerprint density at radius 1 is 1.31 bits per heavy atom. The number of fused-ring (bicyclic) bond motifs is 1. The van der Waals surface area contributed by atoms with Crippen LogP contribution in [0.1, 0.15) is 29.8 Å². The van der Waals surface area contributed by atoms with Gasteiger partial charge in [-0.15, -0.1) is 0 Å². The lowest BCUT2D eigenvalue weighted by atomic mass is 10.1. The monoisotopic (exact) mass is 429 g/mol. The summed E-state index contributed by atoms with van der Waals surface area (Å²) in [5.41, 5.74) is 3.48. The van der Waals surface area contributed by atoms with E-state index in [4.69, 9.17) is 5.26 Å². The van der Waals surface area contributed by atoms with Crippen LogP contribution in [0.15, 0.2) is 53.9 Å². The zero-order valence-corrected chi connectivity index (χ0v) is 18.1. The van der Waals surface area contributed by atoms with Crippen LogP contribution in [0.2, 0.25) is 0 Å². The van der Waals surface area contributed by atoms with Crippen molar-refractivity contribution in [2.24, 2.45) is 12.0 Å². The van der Waals surface area contributed by atoms with Gasteiger partial charge in [0.2, 0.25) is 5.62 Å². The van der Waals surface area contributed by atoms with Gasteiger partial charge >= 0.3 is 0 Å². The van der Waals surface area contributed by atoms with Crippen LogP contribution >= 0.6 is 0 Å². The van der Waals surface area contributed by atoms with Gasteiger partial charge in [-0.05, 0) is 43.7 Å². The Bertz CT molecular complexity index is 1410. The summed E-state index contributed by atoms with van der Waals surface area (Å²) in [5.74, 6) is -0.439. The lowest BCUT2D eigenvalue weighted by Crippen LogP contribution is -2.32. The second-order valence-corrected chi connectivity index (χ2v) is 8.28. The van der Waals surface area contributed by atoms with Gasteiger partial charge in [0.25, 0.3) is 5.91 Å². The molecular weight excluding hydrogens is 406 g/mol. The summed E-state index contributed by atoms with van der Waals surface area (Å²) in [6.45, 7) is 3.61. The molecule has 0 fully saturated rings. The third-order valence-electron chi connectivity index (χ3n) is 4.90. The van der Waals surface area contributed by atoms with E-state index in [0.29, 0.717) is 16.9 Å². The highest BCUT2D eigenvalue weighted by Crippen LogP contribution is 2.18. The van der Waals surface area contributed by atoms with Crippen molar-refractivity contribution in [1.29, 1.82) is 5.26 Å². The minimum atomic E-state index is -1.03. The fourth-order valence-electron chi connectivity index (χ4n) is 3.49. The van der Waals surface area contributed by atoms with Gasteiger partial charge in [-0.1, -0.05) is 6.07 Å². The highest BCUT2D eigenvalue weighted by atomic mass is 16.3. The number of aromatic amines is 1. The number of amides is 1. The number of aromatic nitrogens is 5. The molecule has 0 aliphatic carbocycles. The van der Waals surface area contributed by atoms with Gasteiger partial charge in [0.1, 0.15) is 0 Å². The summed E-state index contributed by atoms with van der Waals surface area (Å²) in [5, 5.41) is 23.5. The normalized spacial score (nSPS) is 12.3. The van der Waals surface area contributed by atoms with E-state index in [2.05, 4.69) is 26.1 Å². The van der Waals surface area contributed by atoms with E-state index < -0.39 is 11.5 Å². The third-order valence-corrected chi connectivity index (χ3v) is 4.90. The maximum Gasteiger partial charge on any atom is 0.280 e. The molecule has 1 amide bonds. The van der Waals surface area contributed by atoms with Crippen molar-refractivity contribution in [3.63, 3.8) is 0 Å². The molecule has 0 radical (unpaired) electrons. The zero-order valence-electron chi connectivity index (χ0n) is 18.1. The van der Waals surface area contributed by atoms with Crippen LogP contribution in [0.5, 0.6) is 0 Å². The number of aryl methyl sites for hydroxylation is 1. The first kappa shape index (κ1) is 21.2. The number of hydrogen-bond acceptors (Lipinski definition) is 5. The fourth-order valence-corrected chi connectivity index (χ4v) is 3.49. The molecule has 0 bridgehead atoms. The second-order valence-electron chi connectivity index (χ2n) is 8.28. The first-order valence-corrected chi connectivity index (χ1v) is 10.1. The minimum absolute atomic E-state index is 0.230.